The molecule has 5 nitrogen and oxygen atoms in total. The molecule has 0 aliphatic carbocycles. The van der Waals surface area contributed by atoms with E-state index in [2.05, 4.69) is 10.6 Å². The average molecular weight is 382 g/mol. The number of amides is 2. The molecule has 1 aromatic heterocycles. The van der Waals surface area contributed by atoms with E-state index in [0.717, 1.165) is 20.5 Å². The molecule has 0 saturated heterocycles. The van der Waals surface area contributed by atoms with E-state index in [1.807, 2.05) is 67.6 Å². The van der Waals surface area contributed by atoms with E-state index in [1.54, 1.807) is 6.92 Å². The van der Waals surface area contributed by atoms with Crippen molar-refractivity contribution >= 4 is 33.2 Å². The van der Waals surface area contributed by atoms with Crippen molar-refractivity contribution in [3.05, 3.63) is 71.1 Å². The Labute approximate surface area is 162 Å². The number of aliphatic hydroxyl groups is 1. The Bertz CT molecular complexity index is 917. The normalized spacial score (nSPS) is 14.3. The van der Waals surface area contributed by atoms with E-state index < -0.39 is 17.4 Å². The molecule has 0 aliphatic rings. The quantitative estimate of drug-likeness (QED) is 0.594. The molecular formula is C21H22N2O3S. The fourth-order valence-corrected chi connectivity index (χ4v) is 3.86. The third kappa shape index (κ3) is 4.53. The lowest BCUT2D eigenvalue weighted by Crippen LogP contribution is -2.45. The van der Waals surface area contributed by atoms with E-state index in [-0.39, 0.29) is 12.6 Å². The molecule has 3 N–H and O–H groups in total. The third-order valence-electron chi connectivity index (χ3n) is 4.40. The van der Waals surface area contributed by atoms with Gasteiger partial charge in [0.05, 0.1) is 12.6 Å². The summed E-state index contributed by atoms with van der Waals surface area (Å²) >= 11 is 1.47. The Kier molecular flexibility index (Phi) is 5.58. The van der Waals surface area contributed by atoms with Gasteiger partial charge in [-0.05, 0) is 36.9 Å². The Balaban J connectivity index is 1.59. The standard InChI is InChI=1S/C21H22N2O3S/c1-14(15-8-4-3-5-9-15)23-20(25)19(24)22-13-21(2,26)18-12-16-10-6-7-11-17(16)27-18/h3-12,14,26H,13H2,1-2H3,(H,22,24)(H,23,25). The minimum atomic E-state index is -1.26. The summed E-state index contributed by atoms with van der Waals surface area (Å²) in [7, 11) is 0. The number of carbonyl (C=O) groups is 2. The lowest BCUT2D eigenvalue weighted by atomic mass is 10.0. The van der Waals surface area contributed by atoms with Gasteiger partial charge in [-0.1, -0.05) is 48.5 Å². The lowest BCUT2D eigenvalue weighted by Gasteiger charge is -2.22. The molecule has 27 heavy (non-hydrogen) atoms. The van der Waals surface area contributed by atoms with Crippen LogP contribution in [0.25, 0.3) is 10.1 Å². The molecule has 0 radical (unpaired) electrons. The van der Waals surface area contributed by atoms with Crippen LogP contribution in [0.15, 0.2) is 60.7 Å². The van der Waals surface area contributed by atoms with Gasteiger partial charge in [0.2, 0.25) is 0 Å². The maximum Gasteiger partial charge on any atom is 0.309 e. The zero-order valence-electron chi connectivity index (χ0n) is 15.2. The van der Waals surface area contributed by atoms with E-state index in [9.17, 15) is 14.7 Å². The minimum Gasteiger partial charge on any atom is -0.383 e. The molecule has 2 aromatic carbocycles. The predicted octanol–water partition coefficient (Wildman–Crippen LogP) is 3.10. The van der Waals surface area contributed by atoms with Crippen LogP contribution in [0.1, 0.15) is 30.3 Å². The average Bonchev–Trinajstić information content (AvgIpc) is 3.12. The summed E-state index contributed by atoms with van der Waals surface area (Å²) in [6.45, 7) is 3.39. The smallest absolute Gasteiger partial charge is 0.309 e. The monoisotopic (exact) mass is 382 g/mol. The van der Waals surface area contributed by atoms with Crippen LogP contribution in [0.2, 0.25) is 0 Å². The number of fused-ring (bicyclic) bond motifs is 1. The van der Waals surface area contributed by atoms with Gasteiger partial charge < -0.3 is 15.7 Å². The Morgan fingerprint density at radius 3 is 2.44 bits per heavy atom. The second kappa shape index (κ2) is 7.90. The van der Waals surface area contributed by atoms with Crippen LogP contribution in [0.5, 0.6) is 0 Å². The van der Waals surface area contributed by atoms with Crippen LogP contribution < -0.4 is 10.6 Å². The first-order valence-corrected chi connectivity index (χ1v) is 9.53. The van der Waals surface area contributed by atoms with Crippen LogP contribution in [0, 0.1) is 0 Å². The van der Waals surface area contributed by atoms with Crippen molar-refractivity contribution in [3.63, 3.8) is 0 Å². The van der Waals surface area contributed by atoms with Gasteiger partial charge in [-0.3, -0.25) is 9.59 Å². The van der Waals surface area contributed by atoms with E-state index in [1.165, 1.54) is 11.3 Å². The number of hydrogen-bond donors (Lipinski definition) is 3. The lowest BCUT2D eigenvalue weighted by molar-refractivity contribution is -0.140. The van der Waals surface area contributed by atoms with Gasteiger partial charge in [0.25, 0.3) is 0 Å². The summed E-state index contributed by atoms with van der Waals surface area (Å²) in [4.78, 5) is 25.0. The van der Waals surface area contributed by atoms with Crippen molar-refractivity contribution in [1.29, 1.82) is 0 Å². The molecular weight excluding hydrogens is 360 g/mol. The van der Waals surface area contributed by atoms with Crippen LogP contribution in [-0.2, 0) is 15.2 Å². The molecule has 2 amide bonds. The highest BCUT2D eigenvalue weighted by Gasteiger charge is 2.27. The molecule has 1 heterocycles. The molecule has 2 unspecified atom stereocenters. The molecule has 140 valence electrons. The Morgan fingerprint density at radius 2 is 1.74 bits per heavy atom. The highest BCUT2D eigenvalue weighted by molar-refractivity contribution is 7.19. The minimum absolute atomic E-state index is 0.0498. The van der Waals surface area contributed by atoms with Gasteiger partial charge >= 0.3 is 11.8 Å². The zero-order chi connectivity index (χ0) is 19.4. The van der Waals surface area contributed by atoms with Crippen LogP contribution in [-0.4, -0.2) is 23.5 Å². The van der Waals surface area contributed by atoms with Crippen LogP contribution in [0.4, 0.5) is 0 Å². The summed E-state index contributed by atoms with van der Waals surface area (Å²) in [6, 6.07) is 18.9. The van der Waals surface area contributed by atoms with Crippen molar-refractivity contribution in [2.24, 2.45) is 0 Å². The maximum atomic E-state index is 12.1. The topological polar surface area (TPSA) is 78.4 Å². The highest BCUT2D eigenvalue weighted by Crippen LogP contribution is 2.32. The van der Waals surface area contributed by atoms with Crippen LogP contribution in [0.3, 0.4) is 0 Å². The summed E-state index contributed by atoms with van der Waals surface area (Å²) in [5.74, 6) is -1.49. The molecule has 3 rings (SSSR count). The zero-order valence-corrected chi connectivity index (χ0v) is 16.0. The molecule has 3 aromatic rings. The molecule has 6 heteroatoms. The van der Waals surface area contributed by atoms with Crippen molar-refractivity contribution in [1.82, 2.24) is 10.6 Å². The number of benzene rings is 2. The summed E-state index contributed by atoms with van der Waals surface area (Å²) in [6.07, 6.45) is 0. The molecule has 0 bridgehead atoms. The van der Waals surface area contributed by atoms with Gasteiger partial charge in [-0.15, -0.1) is 11.3 Å². The van der Waals surface area contributed by atoms with Crippen LogP contribution >= 0.6 is 11.3 Å². The van der Waals surface area contributed by atoms with E-state index in [4.69, 9.17) is 0 Å². The highest BCUT2D eigenvalue weighted by atomic mass is 32.1. The molecule has 0 aliphatic heterocycles. The number of thiophene rings is 1. The Morgan fingerprint density at radius 1 is 1.07 bits per heavy atom. The van der Waals surface area contributed by atoms with Gasteiger partial charge in [0.1, 0.15) is 5.60 Å². The van der Waals surface area contributed by atoms with Gasteiger partial charge in [0, 0.05) is 9.58 Å². The van der Waals surface area contributed by atoms with Gasteiger partial charge in [-0.2, -0.15) is 0 Å². The maximum absolute atomic E-state index is 12.1. The number of carbonyl (C=O) groups excluding carboxylic acids is 2. The fraction of sp³-hybridized carbons (Fsp3) is 0.238. The summed E-state index contributed by atoms with van der Waals surface area (Å²) < 4.78 is 1.06. The SMILES string of the molecule is CC(NC(=O)C(=O)NCC(C)(O)c1cc2ccccc2s1)c1ccccc1. The van der Waals surface area contributed by atoms with Gasteiger partial charge in [-0.25, -0.2) is 0 Å². The van der Waals surface area contributed by atoms with E-state index >= 15 is 0 Å². The first-order chi connectivity index (χ1) is 12.9. The number of nitrogens with one attached hydrogen (secondary N) is 2. The van der Waals surface area contributed by atoms with Crippen molar-refractivity contribution in [3.8, 4) is 0 Å². The first kappa shape index (κ1) is 19.1. The molecule has 0 fully saturated rings. The largest absolute Gasteiger partial charge is 0.383 e. The molecule has 0 spiro atoms. The van der Waals surface area contributed by atoms with Crippen molar-refractivity contribution < 1.29 is 14.7 Å². The first-order valence-electron chi connectivity index (χ1n) is 8.72. The number of hydrogen-bond acceptors (Lipinski definition) is 4. The van der Waals surface area contributed by atoms with E-state index in [0.29, 0.717) is 0 Å². The summed E-state index contributed by atoms with van der Waals surface area (Å²) in [5, 5.41) is 17.0. The summed E-state index contributed by atoms with van der Waals surface area (Å²) in [5.41, 5.74) is -0.346. The second-order valence-electron chi connectivity index (χ2n) is 6.71. The predicted molar refractivity (Wildman–Crippen MR) is 107 cm³/mol. The second-order valence-corrected chi connectivity index (χ2v) is 7.79. The van der Waals surface area contributed by atoms with Gasteiger partial charge in [0.15, 0.2) is 0 Å². The molecule has 2 atom stereocenters. The third-order valence-corrected chi connectivity index (χ3v) is 5.77. The molecule has 0 saturated carbocycles. The Hall–Kier alpha value is -2.70. The van der Waals surface area contributed by atoms with Crippen molar-refractivity contribution in [2.75, 3.05) is 6.54 Å². The number of rotatable bonds is 5. The van der Waals surface area contributed by atoms with Crippen molar-refractivity contribution in [2.45, 2.75) is 25.5 Å². The fourth-order valence-electron chi connectivity index (χ4n) is 2.75.